The number of fused-ring (bicyclic) bond motifs is 4. The molecule has 0 bridgehead atoms. The quantitative estimate of drug-likeness (QED) is 0.446. The summed E-state index contributed by atoms with van der Waals surface area (Å²) in [5.41, 5.74) is 4.27. The summed E-state index contributed by atoms with van der Waals surface area (Å²) < 4.78 is 0. The fourth-order valence-electron chi connectivity index (χ4n) is 2.56. The van der Waals surface area contributed by atoms with Crippen LogP contribution < -0.4 is 0 Å². The van der Waals surface area contributed by atoms with E-state index in [4.69, 9.17) is 0 Å². The molecule has 2 N–H and O–H groups in total. The summed E-state index contributed by atoms with van der Waals surface area (Å²) >= 11 is 0. The van der Waals surface area contributed by atoms with E-state index in [-0.39, 0.29) is 0 Å². The Morgan fingerprint density at radius 2 is 1.41 bits per heavy atom. The van der Waals surface area contributed by atoms with E-state index < -0.39 is 0 Å². The van der Waals surface area contributed by atoms with Crippen molar-refractivity contribution in [3.05, 3.63) is 73.3 Å². The standard InChI is InChI=1S/C11H8N2.C7H6N2/c1-2-4-9-8(3-1)5-6-10-11(9)13-7-12-10;1-2-4-7-6(3-1)8-5-9-7/h1-7H,(H,12,13);1-5H,(H,8,9). The zero-order valence-corrected chi connectivity index (χ0v) is 11.8. The van der Waals surface area contributed by atoms with Crippen LogP contribution in [0, 0.1) is 0 Å². The van der Waals surface area contributed by atoms with Gasteiger partial charge in [-0.15, -0.1) is 0 Å². The summed E-state index contributed by atoms with van der Waals surface area (Å²) in [5.74, 6) is 0. The molecule has 0 aliphatic heterocycles. The van der Waals surface area contributed by atoms with Gasteiger partial charge in [0.1, 0.15) is 0 Å². The summed E-state index contributed by atoms with van der Waals surface area (Å²) in [4.78, 5) is 14.5. The number of benzene rings is 3. The topological polar surface area (TPSA) is 57.4 Å². The first-order chi connectivity index (χ1) is 10.9. The van der Waals surface area contributed by atoms with Gasteiger partial charge in [-0.05, 0) is 23.6 Å². The molecule has 3 aromatic carbocycles. The SMILES string of the molecule is c1ccc2[nH]cnc2c1.c1ccc2c(c1)ccc1[nH]cnc12. The van der Waals surface area contributed by atoms with Crippen LogP contribution in [0.2, 0.25) is 0 Å². The third-order valence-electron chi connectivity index (χ3n) is 3.64. The van der Waals surface area contributed by atoms with Crippen LogP contribution >= 0.6 is 0 Å². The van der Waals surface area contributed by atoms with E-state index in [1.807, 2.05) is 36.4 Å². The highest BCUT2D eigenvalue weighted by molar-refractivity contribution is 6.03. The molecule has 0 radical (unpaired) electrons. The second-order valence-corrected chi connectivity index (χ2v) is 5.01. The van der Waals surface area contributed by atoms with Crippen LogP contribution in [0.25, 0.3) is 32.8 Å². The number of aromatic amines is 2. The molecule has 2 heterocycles. The highest BCUT2D eigenvalue weighted by Gasteiger charge is 2.00. The van der Waals surface area contributed by atoms with Crippen LogP contribution in [0.1, 0.15) is 0 Å². The average Bonchev–Trinajstić information content (AvgIpc) is 3.24. The Hall–Kier alpha value is -3.14. The van der Waals surface area contributed by atoms with E-state index in [0.29, 0.717) is 0 Å². The number of nitrogens with one attached hydrogen (secondary N) is 2. The maximum atomic E-state index is 4.29. The number of imidazole rings is 2. The van der Waals surface area contributed by atoms with E-state index in [2.05, 4.69) is 44.2 Å². The lowest BCUT2D eigenvalue weighted by atomic mass is 10.1. The predicted molar refractivity (Wildman–Crippen MR) is 89.7 cm³/mol. The molecule has 4 heteroatoms. The Bertz CT molecular complexity index is 1010. The third-order valence-corrected chi connectivity index (χ3v) is 3.64. The molecule has 106 valence electrons. The maximum absolute atomic E-state index is 4.29. The molecule has 0 aliphatic carbocycles. The average molecular weight is 286 g/mol. The van der Waals surface area contributed by atoms with Gasteiger partial charge in [0, 0.05) is 5.39 Å². The smallest absolute Gasteiger partial charge is 0.0960 e. The number of hydrogen-bond donors (Lipinski definition) is 2. The number of hydrogen-bond acceptors (Lipinski definition) is 2. The van der Waals surface area contributed by atoms with Gasteiger partial charge in [-0.3, -0.25) is 0 Å². The molecule has 2 aromatic heterocycles. The summed E-state index contributed by atoms with van der Waals surface area (Å²) in [6.45, 7) is 0. The molecular formula is C18H14N4. The number of nitrogens with zero attached hydrogens (tertiary/aromatic N) is 2. The second-order valence-electron chi connectivity index (χ2n) is 5.01. The molecule has 0 spiro atoms. The third kappa shape index (κ3) is 2.20. The lowest BCUT2D eigenvalue weighted by molar-refractivity contribution is 1.34. The van der Waals surface area contributed by atoms with Crippen LogP contribution in [0.5, 0.6) is 0 Å². The first-order valence-corrected chi connectivity index (χ1v) is 7.11. The minimum absolute atomic E-state index is 1.03. The van der Waals surface area contributed by atoms with Gasteiger partial charge in [0.15, 0.2) is 0 Å². The van der Waals surface area contributed by atoms with Gasteiger partial charge in [-0.2, -0.15) is 0 Å². The number of aromatic nitrogens is 4. The molecule has 0 fully saturated rings. The van der Waals surface area contributed by atoms with Crippen LogP contribution in [-0.4, -0.2) is 19.9 Å². The minimum atomic E-state index is 1.03. The molecule has 4 nitrogen and oxygen atoms in total. The Morgan fingerprint density at radius 3 is 2.36 bits per heavy atom. The summed E-state index contributed by atoms with van der Waals surface area (Å²) in [6.07, 6.45) is 3.43. The molecule has 22 heavy (non-hydrogen) atoms. The van der Waals surface area contributed by atoms with Crippen molar-refractivity contribution in [2.45, 2.75) is 0 Å². The molecule has 0 saturated heterocycles. The van der Waals surface area contributed by atoms with Crippen molar-refractivity contribution in [2.24, 2.45) is 0 Å². The molecule has 5 aromatic rings. The minimum Gasteiger partial charge on any atom is -0.345 e. The van der Waals surface area contributed by atoms with Crippen molar-refractivity contribution in [1.82, 2.24) is 19.9 Å². The first-order valence-electron chi connectivity index (χ1n) is 7.11. The van der Waals surface area contributed by atoms with Crippen LogP contribution in [0.15, 0.2) is 73.3 Å². The molecule has 0 saturated carbocycles. The van der Waals surface area contributed by atoms with Gasteiger partial charge < -0.3 is 9.97 Å². The second kappa shape index (κ2) is 5.33. The Kier molecular flexibility index (Phi) is 3.05. The monoisotopic (exact) mass is 286 g/mol. The summed E-state index contributed by atoms with van der Waals surface area (Å²) in [5, 5.41) is 2.45. The Morgan fingerprint density at radius 1 is 0.636 bits per heavy atom. The van der Waals surface area contributed by atoms with Gasteiger partial charge in [-0.1, -0.05) is 42.5 Å². The Labute approximate surface area is 126 Å². The van der Waals surface area contributed by atoms with Crippen molar-refractivity contribution in [3.8, 4) is 0 Å². The molecule has 0 atom stereocenters. The van der Waals surface area contributed by atoms with Gasteiger partial charge >= 0.3 is 0 Å². The Balaban J connectivity index is 0.000000122. The van der Waals surface area contributed by atoms with Gasteiger partial charge in [0.25, 0.3) is 0 Å². The van der Waals surface area contributed by atoms with Gasteiger partial charge in [0.05, 0.1) is 34.7 Å². The highest BCUT2D eigenvalue weighted by atomic mass is 14.9. The van der Waals surface area contributed by atoms with Crippen LogP contribution in [0.3, 0.4) is 0 Å². The molecule has 0 amide bonds. The van der Waals surface area contributed by atoms with Crippen molar-refractivity contribution in [3.63, 3.8) is 0 Å². The van der Waals surface area contributed by atoms with Crippen LogP contribution in [-0.2, 0) is 0 Å². The fourth-order valence-corrected chi connectivity index (χ4v) is 2.56. The first kappa shape index (κ1) is 12.6. The summed E-state index contributed by atoms with van der Waals surface area (Å²) in [6, 6.07) is 20.4. The van der Waals surface area contributed by atoms with Crippen molar-refractivity contribution < 1.29 is 0 Å². The van der Waals surface area contributed by atoms with Crippen molar-refractivity contribution in [2.75, 3.05) is 0 Å². The zero-order valence-electron chi connectivity index (χ0n) is 11.8. The van der Waals surface area contributed by atoms with Crippen molar-refractivity contribution in [1.29, 1.82) is 0 Å². The zero-order chi connectivity index (χ0) is 14.8. The number of para-hydroxylation sites is 2. The lowest BCUT2D eigenvalue weighted by Crippen LogP contribution is -1.74. The molecule has 0 aliphatic rings. The fraction of sp³-hybridized carbons (Fsp3) is 0. The van der Waals surface area contributed by atoms with E-state index in [1.165, 1.54) is 10.8 Å². The molecule has 5 rings (SSSR count). The normalized spacial score (nSPS) is 10.7. The summed E-state index contributed by atoms with van der Waals surface area (Å²) in [7, 11) is 0. The van der Waals surface area contributed by atoms with Gasteiger partial charge in [-0.25, -0.2) is 9.97 Å². The van der Waals surface area contributed by atoms with Crippen molar-refractivity contribution >= 4 is 32.8 Å². The van der Waals surface area contributed by atoms with E-state index >= 15 is 0 Å². The number of H-pyrrole nitrogens is 2. The van der Waals surface area contributed by atoms with Crippen LogP contribution in [0.4, 0.5) is 0 Å². The van der Waals surface area contributed by atoms with Gasteiger partial charge in [0.2, 0.25) is 0 Å². The maximum Gasteiger partial charge on any atom is 0.0960 e. The largest absolute Gasteiger partial charge is 0.345 e. The number of rotatable bonds is 0. The van der Waals surface area contributed by atoms with E-state index in [0.717, 1.165) is 22.1 Å². The lowest BCUT2D eigenvalue weighted by Gasteiger charge is -1.96. The molecule has 0 unspecified atom stereocenters. The van der Waals surface area contributed by atoms with E-state index in [9.17, 15) is 0 Å². The highest BCUT2D eigenvalue weighted by Crippen LogP contribution is 2.21. The van der Waals surface area contributed by atoms with E-state index in [1.54, 1.807) is 12.7 Å². The predicted octanol–water partition coefficient (Wildman–Crippen LogP) is 4.28. The molecular weight excluding hydrogens is 272 g/mol.